The molecule has 0 aromatic rings. The van der Waals surface area contributed by atoms with Gasteiger partial charge in [-0.15, -0.1) is 23.5 Å². The third kappa shape index (κ3) is 2.23. The molecule has 126 valence electrons. The van der Waals surface area contributed by atoms with Crippen molar-refractivity contribution in [3.8, 4) is 0 Å². The molecule has 1 spiro atoms. The van der Waals surface area contributed by atoms with Crippen LogP contribution in [0.5, 0.6) is 0 Å². The van der Waals surface area contributed by atoms with E-state index in [0.717, 1.165) is 17.9 Å². The van der Waals surface area contributed by atoms with Gasteiger partial charge in [0.15, 0.2) is 0 Å². The van der Waals surface area contributed by atoms with E-state index >= 15 is 0 Å². The van der Waals surface area contributed by atoms with Crippen LogP contribution in [-0.4, -0.2) is 49.7 Å². The molecule has 2 bridgehead atoms. The zero-order chi connectivity index (χ0) is 16.2. The topological polar surface area (TPSA) is 95.5 Å². The smallest absolute Gasteiger partial charge is 0.248 e. The fraction of sp³-hybridized carbons (Fsp3) is 0.857. The Kier molecular flexibility index (Phi) is 3.85. The molecule has 1 saturated carbocycles. The van der Waals surface area contributed by atoms with Gasteiger partial charge in [0, 0.05) is 16.3 Å². The quantitative estimate of drug-likeness (QED) is 0.433. The van der Waals surface area contributed by atoms with Gasteiger partial charge in [-0.25, -0.2) is 0 Å². The third-order valence-electron chi connectivity index (χ3n) is 5.58. The Morgan fingerprint density at radius 2 is 1.87 bits per heavy atom. The van der Waals surface area contributed by atoms with Crippen molar-refractivity contribution in [2.45, 2.75) is 47.6 Å². The molecule has 9 heteroatoms. The van der Waals surface area contributed by atoms with Crippen molar-refractivity contribution in [1.82, 2.24) is 0 Å². The highest BCUT2D eigenvalue weighted by atomic mass is 32.2. The van der Waals surface area contributed by atoms with Crippen LogP contribution in [0.2, 0.25) is 0 Å². The second kappa shape index (κ2) is 5.63. The molecule has 3 heterocycles. The van der Waals surface area contributed by atoms with E-state index in [4.69, 9.17) is 4.74 Å². The second-order valence-electron chi connectivity index (χ2n) is 6.60. The lowest BCUT2D eigenvalue weighted by molar-refractivity contribution is -0.548. The molecule has 3 aliphatic heterocycles. The van der Waals surface area contributed by atoms with E-state index in [1.54, 1.807) is 29.6 Å². The zero-order valence-electron chi connectivity index (χ0n) is 12.4. The molecule has 0 N–H and O–H groups in total. The zero-order valence-corrected chi connectivity index (χ0v) is 14.0. The Bertz CT molecular complexity index is 567. The van der Waals surface area contributed by atoms with Crippen LogP contribution in [0, 0.1) is 32.1 Å². The van der Waals surface area contributed by atoms with E-state index in [1.807, 2.05) is 6.08 Å². The molecule has 1 aliphatic carbocycles. The molecule has 7 nitrogen and oxygen atoms in total. The molecule has 4 rings (SSSR count). The van der Waals surface area contributed by atoms with E-state index in [2.05, 4.69) is 0 Å². The highest BCUT2D eigenvalue weighted by molar-refractivity contribution is 8.17. The average molecular weight is 358 g/mol. The molecule has 2 saturated heterocycles. The van der Waals surface area contributed by atoms with Crippen molar-refractivity contribution in [1.29, 1.82) is 0 Å². The molecule has 0 amide bonds. The van der Waals surface area contributed by atoms with E-state index in [9.17, 15) is 20.2 Å². The highest BCUT2D eigenvalue weighted by Crippen LogP contribution is 2.59. The normalized spacial score (nSPS) is 45.8. The summed E-state index contributed by atoms with van der Waals surface area (Å²) >= 11 is 3.51. The minimum Gasteiger partial charge on any atom is -0.355 e. The lowest BCUT2D eigenvalue weighted by atomic mass is 9.63. The van der Waals surface area contributed by atoms with Gasteiger partial charge in [-0.3, -0.25) is 20.2 Å². The van der Waals surface area contributed by atoms with Gasteiger partial charge in [0.1, 0.15) is 11.7 Å². The standard InChI is InChI=1S/C14H18N2O5S2/c17-15(18)9-3-2-8-12(16(19)20)10-4-5-14(8,21-10)11(9)13-22-6-1-7-23-13/h4-5,8-13H,1-3,6-7H2/t8-,9-,10-,11+,12-,14+/m0/s1. The molecule has 23 heavy (non-hydrogen) atoms. The van der Waals surface area contributed by atoms with Crippen LogP contribution in [0.3, 0.4) is 0 Å². The summed E-state index contributed by atoms with van der Waals surface area (Å²) in [6, 6.07) is -1.43. The average Bonchev–Trinajstić information content (AvgIpc) is 3.09. The number of ether oxygens (including phenoxy) is 1. The van der Waals surface area contributed by atoms with Crippen LogP contribution < -0.4 is 0 Å². The number of nitrogens with zero attached hydrogens (tertiary/aromatic N) is 2. The van der Waals surface area contributed by atoms with Crippen LogP contribution in [0.1, 0.15) is 19.3 Å². The van der Waals surface area contributed by atoms with Gasteiger partial charge in [0.05, 0.1) is 16.4 Å². The predicted octanol–water partition coefficient (Wildman–Crippen LogP) is 2.21. The lowest BCUT2D eigenvalue weighted by Gasteiger charge is -2.46. The summed E-state index contributed by atoms with van der Waals surface area (Å²) in [5, 5.41) is 23.1. The number of hydrogen-bond donors (Lipinski definition) is 0. The highest BCUT2D eigenvalue weighted by Gasteiger charge is 2.71. The van der Waals surface area contributed by atoms with Crippen molar-refractivity contribution < 1.29 is 14.6 Å². The fourth-order valence-corrected chi connectivity index (χ4v) is 8.16. The fourth-order valence-electron chi connectivity index (χ4n) is 4.72. The monoisotopic (exact) mass is 358 g/mol. The van der Waals surface area contributed by atoms with E-state index in [0.29, 0.717) is 12.8 Å². The first-order valence-electron chi connectivity index (χ1n) is 7.92. The van der Waals surface area contributed by atoms with Gasteiger partial charge in [0.25, 0.3) is 0 Å². The molecule has 0 unspecified atom stereocenters. The van der Waals surface area contributed by atoms with E-state index in [1.165, 1.54) is 0 Å². The summed E-state index contributed by atoms with van der Waals surface area (Å²) < 4.78 is 6.18. The maximum absolute atomic E-state index is 11.7. The largest absolute Gasteiger partial charge is 0.355 e. The van der Waals surface area contributed by atoms with Crippen LogP contribution in [0.15, 0.2) is 12.2 Å². The summed E-state index contributed by atoms with van der Waals surface area (Å²) in [4.78, 5) is 22.7. The van der Waals surface area contributed by atoms with Crippen LogP contribution >= 0.6 is 23.5 Å². The SMILES string of the molecule is O=[N+]([O-])[C@@H]1[C@@H]2C=C[C@@]3(O2)[C@H]1CC[C@H]([N+](=O)[O-])[C@@H]3C1SCCCS1. The van der Waals surface area contributed by atoms with Gasteiger partial charge in [0.2, 0.25) is 12.1 Å². The van der Waals surface area contributed by atoms with Crippen LogP contribution in [0.4, 0.5) is 0 Å². The van der Waals surface area contributed by atoms with Crippen LogP contribution in [0.25, 0.3) is 0 Å². The Labute approximate surface area is 141 Å². The van der Waals surface area contributed by atoms with Gasteiger partial charge in [-0.1, -0.05) is 12.2 Å². The Morgan fingerprint density at radius 3 is 2.52 bits per heavy atom. The molecule has 3 fully saturated rings. The predicted molar refractivity (Wildman–Crippen MR) is 87.8 cm³/mol. The summed E-state index contributed by atoms with van der Waals surface area (Å²) in [6.45, 7) is 0. The summed E-state index contributed by atoms with van der Waals surface area (Å²) in [5.74, 6) is 1.45. The number of nitro groups is 2. The maximum atomic E-state index is 11.7. The van der Waals surface area contributed by atoms with Crippen LogP contribution in [-0.2, 0) is 4.74 Å². The Hall–Kier alpha value is -0.800. The molecule has 0 aromatic carbocycles. The van der Waals surface area contributed by atoms with E-state index in [-0.39, 0.29) is 26.3 Å². The molecular formula is C14H18N2O5S2. The molecular weight excluding hydrogens is 340 g/mol. The molecule has 0 aromatic heterocycles. The van der Waals surface area contributed by atoms with E-state index < -0.39 is 23.8 Å². The minimum atomic E-state index is -0.819. The molecule has 6 atom stereocenters. The Balaban J connectivity index is 1.74. The summed E-state index contributed by atoms with van der Waals surface area (Å²) in [7, 11) is 0. The maximum Gasteiger partial charge on any atom is 0.248 e. The first kappa shape index (κ1) is 15.7. The van der Waals surface area contributed by atoms with Crippen molar-refractivity contribution in [3.63, 3.8) is 0 Å². The van der Waals surface area contributed by atoms with Gasteiger partial charge < -0.3 is 4.74 Å². The van der Waals surface area contributed by atoms with Gasteiger partial charge in [-0.2, -0.15) is 0 Å². The molecule has 0 radical (unpaired) electrons. The van der Waals surface area contributed by atoms with Crippen molar-refractivity contribution in [2.75, 3.05) is 11.5 Å². The third-order valence-corrected chi connectivity index (χ3v) is 8.69. The van der Waals surface area contributed by atoms with Crippen molar-refractivity contribution >= 4 is 23.5 Å². The number of hydrogen-bond acceptors (Lipinski definition) is 7. The van der Waals surface area contributed by atoms with Gasteiger partial charge in [-0.05, 0) is 24.3 Å². The molecule has 4 aliphatic rings. The number of rotatable bonds is 3. The minimum absolute atomic E-state index is 0.0795. The summed E-state index contributed by atoms with van der Waals surface area (Å²) in [5.41, 5.74) is -0.819. The lowest BCUT2D eigenvalue weighted by Crippen LogP contribution is -2.58. The number of fused-ring (bicyclic) bond motifs is 1. The number of thioether (sulfide) groups is 2. The second-order valence-corrected chi connectivity index (χ2v) is 9.39. The summed E-state index contributed by atoms with van der Waals surface area (Å²) in [6.07, 6.45) is 5.17. The first-order chi connectivity index (χ1) is 11.0. The first-order valence-corrected chi connectivity index (χ1v) is 10.0. The van der Waals surface area contributed by atoms with Crippen molar-refractivity contribution in [2.24, 2.45) is 11.8 Å². The van der Waals surface area contributed by atoms with Crippen molar-refractivity contribution in [3.05, 3.63) is 32.4 Å². The van der Waals surface area contributed by atoms with Gasteiger partial charge >= 0.3 is 0 Å². The Morgan fingerprint density at radius 1 is 1.13 bits per heavy atom.